The summed E-state index contributed by atoms with van der Waals surface area (Å²) >= 11 is 0. The van der Waals surface area contributed by atoms with E-state index in [1.54, 1.807) is 29.4 Å². The SMILES string of the molecule is Nc1cncc(-c2cn3ccnc3c(Nc3ccc(N4CCN(C(=O)COCCOc5cccc6c5C(=O)N(C5CCC(=O)NC5=O)C6=O)CC4)cc3)n2)n1. The van der Waals surface area contributed by atoms with Crippen molar-refractivity contribution >= 4 is 58.2 Å². The number of aromatic nitrogens is 5. The van der Waals surface area contributed by atoms with Gasteiger partial charge in [-0.3, -0.25) is 39.2 Å². The average Bonchev–Trinajstić information content (AvgIpc) is 3.77. The van der Waals surface area contributed by atoms with Crippen molar-refractivity contribution in [3.8, 4) is 17.1 Å². The molecule has 0 radical (unpaired) electrons. The van der Waals surface area contributed by atoms with Crippen LogP contribution in [-0.4, -0.2) is 116 Å². The molecule has 4 N–H and O–H groups in total. The fourth-order valence-corrected chi connectivity index (χ4v) is 6.82. The summed E-state index contributed by atoms with van der Waals surface area (Å²) in [6, 6.07) is 11.5. The van der Waals surface area contributed by atoms with Gasteiger partial charge in [0.2, 0.25) is 17.7 Å². The van der Waals surface area contributed by atoms with Crippen LogP contribution >= 0.6 is 0 Å². The minimum absolute atomic E-state index is 0.0214. The normalized spacial score (nSPS) is 17.1. The molecule has 6 heterocycles. The molecule has 2 fully saturated rings. The molecule has 2 aromatic carbocycles. The van der Waals surface area contributed by atoms with Gasteiger partial charge in [0.05, 0.1) is 30.1 Å². The number of rotatable bonds is 11. The van der Waals surface area contributed by atoms with Crippen LogP contribution in [0.25, 0.3) is 17.0 Å². The van der Waals surface area contributed by atoms with E-state index in [0.717, 1.165) is 16.3 Å². The first kappa shape index (κ1) is 35.1. The number of imidazole rings is 1. The van der Waals surface area contributed by atoms with Gasteiger partial charge in [-0.2, -0.15) is 0 Å². The number of hydrogen-bond acceptors (Lipinski definition) is 14. The zero-order valence-corrected chi connectivity index (χ0v) is 29.4. The van der Waals surface area contributed by atoms with Crippen molar-refractivity contribution in [1.82, 2.24) is 39.5 Å². The number of nitrogens with zero attached hydrogens (tertiary/aromatic N) is 8. The summed E-state index contributed by atoms with van der Waals surface area (Å²) in [5.74, 6) is -1.53. The Balaban J connectivity index is 0.799. The number of nitrogens with two attached hydrogens (primary N) is 1. The highest BCUT2D eigenvalue weighted by Gasteiger charge is 2.46. The minimum Gasteiger partial charge on any atom is -0.490 e. The van der Waals surface area contributed by atoms with E-state index in [1.165, 1.54) is 12.3 Å². The maximum absolute atomic E-state index is 13.3. The number of carbonyl (C=O) groups excluding carboxylic acids is 5. The summed E-state index contributed by atoms with van der Waals surface area (Å²) in [6.45, 7) is 2.28. The van der Waals surface area contributed by atoms with Crippen LogP contribution in [0.3, 0.4) is 0 Å². The molecule has 1 atom stereocenters. The summed E-state index contributed by atoms with van der Waals surface area (Å²) < 4.78 is 13.2. The summed E-state index contributed by atoms with van der Waals surface area (Å²) in [5.41, 5.74) is 9.62. The Labute approximate surface area is 313 Å². The standard InChI is InChI=1S/C37H35N11O7/c38-29-19-39-18-25(42-29)26-20-47-11-10-40-34(47)33(43-26)41-22-4-6-23(7-5-22)45-12-14-46(15-13-45)31(50)21-54-16-17-55-28-3-1-2-24-32(28)37(53)48(36(24)52)27-8-9-30(49)44-35(27)51/h1-7,10-11,18-20,27H,8-9,12-17,21H2,(H2,38,42)(H,41,43)(H,44,49,51). The van der Waals surface area contributed by atoms with E-state index in [9.17, 15) is 24.0 Å². The lowest BCUT2D eigenvalue weighted by atomic mass is 10.0. The van der Waals surface area contributed by atoms with Gasteiger partial charge < -0.3 is 34.7 Å². The zero-order chi connectivity index (χ0) is 38.1. The number of piperidine rings is 1. The summed E-state index contributed by atoms with van der Waals surface area (Å²) in [7, 11) is 0. The Bertz CT molecular complexity index is 2320. The van der Waals surface area contributed by atoms with Gasteiger partial charge in [-0.05, 0) is 42.8 Å². The van der Waals surface area contributed by atoms with Crippen LogP contribution in [-0.2, 0) is 19.1 Å². The van der Waals surface area contributed by atoms with Gasteiger partial charge in [-0.1, -0.05) is 6.07 Å². The largest absolute Gasteiger partial charge is 0.490 e. The average molecular weight is 746 g/mol. The van der Waals surface area contributed by atoms with Crippen molar-refractivity contribution in [2.75, 3.05) is 62.0 Å². The van der Waals surface area contributed by atoms with Crippen LogP contribution < -0.4 is 26.0 Å². The number of nitrogens with one attached hydrogen (secondary N) is 2. The number of carbonyl (C=O) groups is 5. The Morgan fingerprint density at radius 2 is 1.76 bits per heavy atom. The van der Waals surface area contributed by atoms with E-state index in [2.05, 4.69) is 30.5 Å². The van der Waals surface area contributed by atoms with Gasteiger partial charge in [0.15, 0.2) is 11.5 Å². The molecule has 280 valence electrons. The van der Waals surface area contributed by atoms with Crippen molar-refractivity contribution in [2.24, 2.45) is 0 Å². The Hall–Kier alpha value is -6.95. The predicted octanol–water partition coefficient (Wildman–Crippen LogP) is 1.66. The van der Waals surface area contributed by atoms with Crippen LogP contribution in [0, 0.1) is 0 Å². The molecule has 55 heavy (non-hydrogen) atoms. The molecule has 3 aliphatic rings. The fraction of sp³-hybridized carbons (Fsp3) is 0.270. The van der Waals surface area contributed by atoms with Gasteiger partial charge >= 0.3 is 0 Å². The third-order valence-electron chi connectivity index (χ3n) is 9.56. The van der Waals surface area contributed by atoms with Crippen molar-refractivity contribution in [1.29, 1.82) is 0 Å². The van der Waals surface area contributed by atoms with Crippen molar-refractivity contribution in [2.45, 2.75) is 18.9 Å². The van der Waals surface area contributed by atoms with Crippen molar-refractivity contribution in [3.05, 3.63) is 84.6 Å². The van der Waals surface area contributed by atoms with Gasteiger partial charge in [0.25, 0.3) is 11.8 Å². The first-order chi connectivity index (χ1) is 26.7. The van der Waals surface area contributed by atoms with Crippen molar-refractivity contribution < 1.29 is 33.4 Å². The molecule has 18 heteroatoms. The number of benzene rings is 2. The van der Waals surface area contributed by atoms with E-state index in [0.29, 0.717) is 54.8 Å². The molecular weight excluding hydrogens is 710 g/mol. The van der Waals surface area contributed by atoms with Crippen LogP contribution in [0.4, 0.5) is 23.0 Å². The summed E-state index contributed by atoms with van der Waals surface area (Å²) in [4.78, 5) is 85.7. The summed E-state index contributed by atoms with van der Waals surface area (Å²) in [5, 5.41) is 5.54. The second kappa shape index (κ2) is 14.8. The molecule has 5 amide bonds. The Kier molecular flexibility index (Phi) is 9.46. The number of anilines is 4. The molecule has 5 aromatic rings. The Morgan fingerprint density at radius 1 is 0.945 bits per heavy atom. The third-order valence-corrected chi connectivity index (χ3v) is 9.56. The number of fused-ring (bicyclic) bond motifs is 2. The van der Waals surface area contributed by atoms with Crippen LogP contribution in [0.5, 0.6) is 5.75 Å². The van der Waals surface area contributed by atoms with E-state index in [4.69, 9.17) is 20.2 Å². The first-order valence-corrected chi connectivity index (χ1v) is 17.6. The van der Waals surface area contributed by atoms with Gasteiger partial charge in [-0.15, -0.1) is 0 Å². The molecule has 3 aliphatic heterocycles. The number of piperazine rings is 1. The highest BCUT2D eigenvalue weighted by Crippen LogP contribution is 2.34. The zero-order valence-electron chi connectivity index (χ0n) is 29.4. The summed E-state index contributed by atoms with van der Waals surface area (Å²) in [6.07, 6.45) is 8.50. The number of ether oxygens (including phenoxy) is 2. The van der Waals surface area contributed by atoms with Gasteiger partial charge in [-0.25, -0.2) is 15.0 Å². The molecule has 1 unspecified atom stereocenters. The van der Waals surface area contributed by atoms with Crippen LogP contribution in [0.2, 0.25) is 0 Å². The number of hydrogen-bond donors (Lipinski definition) is 3. The van der Waals surface area contributed by atoms with E-state index in [-0.39, 0.29) is 55.4 Å². The highest BCUT2D eigenvalue weighted by atomic mass is 16.5. The molecule has 3 aromatic heterocycles. The first-order valence-electron chi connectivity index (χ1n) is 17.6. The molecule has 2 saturated heterocycles. The minimum atomic E-state index is -1.07. The van der Waals surface area contributed by atoms with Crippen molar-refractivity contribution in [3.63, 3.8) is 0 Å². The molecule has 0 saturated carbocycles. The lowest BCUT2D eigenvalue weighted by Gasteiger charge is -2.36. The second-order valence-electron chi connectivity index (χ2n) is 13.0. The maximum Gasteiger partial charge on any atom is 0.266 e. The van der Waals surface area contributed by atoms with Crippen LogP contribution in [0.1, 0.15) is 33.6 Å². The molecular formula is C37H35N11O7. The van der Waals surface area contributed by atoms with E-state index < -0.39 is 29.7 Å². The second-order valence-corrected chi connectivity index (χ2v) is 13.0. The number of nitrogen functional groups attached to an aromatic ring is 1. The monoisotopic (exact) mass is 745 g/mol. The topological polar surface area (TPSA) is 220 Å². The van der Waals surface area contributed by atoms with E-state index in [1.807, 2.05) is 41.1 Å². The molecule has 18 nitrogen and oxygen atoms in total. The van der Waals surface area contributed by atoms with Crippen LogP contribution in [0.15, 0.2) is 73.4 Å². The van der Waals surface area contributed by atoms with Gasteiger partial charge in [0, 0.05) is 62.6 Å². The third kappa shape index (κ3) is 7.09. The lowest BCUT2D eigenvalue weighted by Crippen LogP contribution is -2.54. The molecule has 0 spiro atoms. The lowest BCUT2D eigenvalue weighted by molar-refractivity contribution is -0.137. The van der Waals surface area contributed by atoms with E-state index >= 15 is 0 Å². The van der Waals surface area contributed by atoms with Gasteiger partial charge in [0.1, 0.15) is 42.2 Å². The quantitative estimate of drug-likeness (QED) is 0.129. The predicted molar refractivity (Wildman–Crippen MR) is 196 cm³/mol. The number of imide groups is 2. The fourth-order valence-electron chi connectivity index (χ4n) is 6.82. The smallest absolute Gasteiger partial charge is 0.266 e. The highest BCUT2D eigenvalue weighted by molar-refractivity contribution is 6.24. The maximum atomic E-state index is 13.3. The number of amides is 5. The molecule has 8 rings (SSSR count). The molecule has 0 bridgehead atoms. The molecule has 0 aliphatic carbocycles. The Morgan fingerprint density at radius 3 is 2.55 bits per heavy atom.